The second-order valence-electron chi connectivity index (χ2n) is 5.53. The van der Waals surface area contributed by atoms with Crippen LogP contribution in [0.4, 0.5) is 4.39 Å². The first-order chi connectivity index (χ1) is 8.65. The SMILES string of the molecule is CC(C)C1CCC(=C=Cc2cccc(F)c2)CC1. The number of hydrogen-bond donors (Lipinski definition) is 0. The van der Waals surface area contributed by atoms with Crippen LogP contribution < -0.4 is 0 Å². The number of benzene rings is 1. The van der Waals surface area contributed by atoms with E-state index in [0.717, 1.165) is 30.2 Å². The Hall–Kier alpha value is -1.33. The summed E-state index contributed by atoms with van der Waals surface area (Å²) >= 11 is 0. The van der Waals surface area contributed by atoms with Crippen molar-refractivity contribution in [2.45, 2.75) is 39.5 Å². The molecule has 0 aromatic heterocycles. The maximum Gasteiger partial charge on any atom is 0.123 e. The van der Waals surface area contributed by atoms with E-state index in [9.17, 15) is 4.39 Å². The highest BCUT2D eigenvalue weighted by Crippen LogP contribution is 2.32. The zero-order valence-corrected chi connectivity index (χ0v) is 11.2. The first kappa shape index (κ1) is 13.1. The number of hydrogen-bond acceptors (Lipinski definition) is 0. The molecule has 0 aliphatic heterocycles. The smallest absolute Gasteiger partial charge is 0.123 e. The topological polar surface area (TPSA) is 0 Å². The van der Waals surface area contributed by atoms with Crippen LogP contribution in [0, 0.1) is 17.7 Å². The third-order valence-corrected chi connectivity index (χ3v) is 3.87. The first-order valence-electron chi connectivity index (χ1n) is 6.85. The summed E-state index contributed by atoms with van der Waals surface area (Å²) in [6.07, 6.45) is 6.76. The maximum absolute atomic E-state index is 13.0. The van der Waals surface area contributed by atoms with Crippen molar-refractivity contribution in [1.82, 2.24) is 0 Å². The van der Waals surface area contributed by atoms with Crippen molar-refractivity contribution in [3.8, 4) is 0 Å². The van der Waals surface area contributed by atoms with E-state index in [0.29, 0.717) is 0 Å². The van der Waals surface area contributed by atoms with E-state index in [1.807, 2.05) is 12.1 Å². The van der Waals surface area contributed by atoms with E-state index in [1.54, 1.807) is 12.1 Å². The molecule has 96 valence electrons. The molecule has 0 bridgehead atoms. The van der Waals surface area contributed by atoms with Gasteiger partial charge in [-0.15, -0.1) is 5.73 Å². The van der Waals surface area contributed by atoms with Crippen molar-refractivity contribution in [3.05, 3.63) is 47.0 Å². The molecule has 1 aromatic carbocycles. The predicted octanol–water partition coefficient (Wildman–Crippen LogP) is 5.21. The van der Waals surface area contributed by atoms with Gasteiger partial charge in [-0.25, -0.2) is 4.39 Å². The minimum Gasteiger partial charge on any atom is -0.207 e. The zero-order chi connectivity index (χ0) is 13.0. The molecule has 2 rings (SSSR count). The predicted molar refractivity (Wildman–Crippen MR) is 74.7 cm³/mol. The van der Waals surface area contributed by atoms with Crippen LogP contribution in [-0.2, 0) is 0 Å². The van der Waals surface area contributed by atoms with Crippen LogP contribution in [0.1, 0.15) is 45.1 Å². The molecule has 18 heavy (non-hydrogen) atoms. The lowest BCUT2D eigenvalue weighted by molar-refractivity contribution is 0.311. The Morgan fingerprint density at radius 1 is 1.28 bits per heavy atom. The van der Waals surface area contributed by atoms with Crippen LogP contribution in [-0.4, -0.2) is 0 Å². The fraction of sp³-hybridized carbons (Fsp3) is 0.471. The van der Waals surface area contributed by atoms with E-state index >= 15 is 0 Å². The Morgan fingerprint density at radius 3 is 2.61 bits per heavy atom. The van der Waals surface area contributed by atoms with Crippen molar-refractivity contribution in [3.63, 3.8) is 0 Å². The molecule has 1 heteroatoms. The normalized spacial score (nSPS) is 19.8. The van der Waals surface area contributed by atoms with Gasteiger partial charge in [-0.3, -0.25) is 0 Å². The van der Waals surface area contributed by atoms with Gasteiger partial charge < -0.3 is 0 Å². The van der Waals surface area contributed by atoms with Crippen molar-refractivity contribution < 1.29 is 4.39 Å². The second-order valence-corrected chi connectivity index (χ2v) is 5.53. The first-order valence-corrected chi connectivity index (χ1v) is 6.85. The highest BCUT2D eigenvalue weighted by molar-refractivity contribution is 5.49. The number of rotatable bonds is 2. The van der Waals surface area contributed by atoms with Gasteiger partial charge in [0.15, 0.2) is 0 Å². The van der Waals surface area contributed by atoms with Crippen LogP contribution in [0.15, 0.2) is 35.6 Å². The van der Waals surface area contributed by atoms with Crippen molar-refractivity contribution in [1.29, 1.82) is 0 Å². The van der Waals surface area contributed by atoms with Crippen LogP contribution in [0.3, 0.4) is 0 Å². The van der Waals surface area contributed by atoms with Gasteiger partial charge in [-0.2, -0.15) is 0 Å². The highest BCUT2D eigenvalue weighted by atomic mass is 19.1. The van der Waals surface area contributed by atoms with Gasteiger partial charge in [0.05, 0.1) is 0 Å². The van der Waals surface area contributed by atoms with Crippen LogP contribution in [0.25, 0.3) is 6.08 Å². The van der Waals surface area contributed by atoms with E-state index in [-0.39, 0.29) is 5.82 Å². The number of allylic oxidation sites excluding steroid dienone is 1. The number of halogens is 1. The molecule has 0 spiro atoms. The highest BCUT2D eigenvalue weighted by Gasteiger charge is 2.18. The molecule has 1 aromatic rings. The Kier molecular flexibility index (Phi) is 4.38. The third kappa shape index (κ3) is 3.58. The van der Waals surface area contributed by atoms with Crippen LogP contribution in [0.5, 0.6) is 0 Å². The summed E-state index contributed by atoms with van der Waals surface area (Å²) in [5.74, 6) is 1.47. The summed E-state index contributed by atoms with van der Waals surface area (Å²) < 4.78 is 13.0. The molecular formula is C17H21F. The molecule has 1 aliphatic rings. The lowest BCUT2D eigenvalue weighted by Crippen LogP contribution is -2.13. The fourth-order valence-electron chi connectivity index (χ4n) is 2.58. The average Bonchev–Trinajstić information content (AvgIpc) is 2.37. The molecule has 0 nitrogen and oxygen atoms in total. The minimum atomic E-state index is -0.181. The summed E-state index contributed by atoms with van der Waals surface area (Å²) in [5.41, 5.74) is 5.63. The van der Waals surface area contributed by atoms with Gasteiger partial charge in [-0.1, -0.05) is 26.0 Å². The van der Waals surface area contributed by atoms with E-state index in [4.69, 9.17) is 0 Å². The molecule has 0 N–H and O–H groups in total. The van der Waals surface area contributed by atoms with Crippen molar-refractivity contribution >= 4 is 6.08 Å². The Labute approximate surface area is 109 Å². The average molecular weight is 244 g/mol. The third-order valence-electron chi connectivity index (χ3n) is 3.87. The van der Waals surface area contributed by atoms with E-state index < -0.39 is 0 Å². The summed E-state index contributed by atoms with van der Waals surface area (Å²) in [6.45, 7) is 4.61. The van der Waals surface area contributed by atoms with Gasteiger partial charge >= 0.3 is 0 Å². The molecule has 1 aliphatic carbocycles. The Morgan fingerprint density at radius 2 is 2.00 bits per heavy atom. The van der Waals surface area contributed by atoms with Gasteiger partial charge in [0, 0.05) is 0 Å². The van der Waals surface area contributed by atoms with E-state index in [2.05, 4.69) is 19.6 Å². The Bertz CT molecular complexity index is 454. The minimum absolute atomic E-state index is 0.181. The fourth-order valence-corrected chi connectivity index (χ4v) is 2.58. The largest absolute Gasteiger partial charge is 0.207 e. The summed E-state index contributed by atoms with van der Waals surface area (Å²) in [5, 5.41) is 0. The molecule has 0 atom stereocenters. The monoisotopic (exact) mass is 244 g/mol. The molecule has 1 fully saturated rings. The molecular weight excluding hydrogens is 223 g/mol. The lowest BCUT2D eigenvalue weighted by Gasteiger charge is -2.25. The van der Waals surface area contributed by atoms with Gasteiger partial charge in [0.2, 0.25) is 0 Å². The molecule has 1 saturated carbocycles. The van der Waals surface area contributed by atoms with Crippen LogP contribution in [0.2, 0.25) is 0 Å². The van der Waals surface area contributed by atoms with Gasteiger partial charge in [0.1, 0.15) is 5.82 Å². The van der Waals surface area contributed by atoms with Gasteiger partial charge in [0.25, 0.3) is 0 Å². The summed E-state index contributed by atoms with van der Waals surface area (Å²) in [6, 6.07) is 6.67. The molecule has 0 saturated heterocycles. The molecule has 0 unspecified atom stereocenters. The van der Waals surface area contributed by atoms with Crippen molar-refractivity contribution in [2.24, 2.45) is 11.8 Å². The van der Waals surface area contributed by atoms with Gasteiger partial charge in [-0.05, 0) is 66.9 Å². The van der Waals surface area contributed by atoms with Crippen LogP contribution >= 0.6 is 0 Å². The zero-order valence-electron chi connectivity index (χ0n) is 11.2. The lowest BCUT2D eigenvalue weighted by atomic mass is 9.80. The Balaban J connectivity index is 2.02. The summed E-state index contributed by atoms with van der Waals surface area (Å²) in [4.78, 5) is 0. The standard InChI is InChI=1S/C17H21F/c1-13(2)16-10-8-14(9-11-16)6-7-15-4-3-5-17(18)12-15/h3-5,7,12-13,16H,8-11H2,1-2H3. The molecule has 0 amide bonds. The second kappa shape index (κ2) is 6.02. The quantitative estimate of drug-likeness (QED) is 0.626. The summed E-state index contributed by atoms with van der Waals surface area (Å²) in [7, 11) is 0. The molecule has 0 radical (unpaired) electrons. The molecule has 0 heterocycles. The van der Waals surface area contributed by atoms with Crippen molar-refractivity contribution in [2.75, 3.05) is 0 Å². The maximum atomic E-state index is 13.0. The van der Waals surface area contributed by atoms with E-state index in [1.165, 1.54) is 24.5 Å².